The Kier molecular flexibility index (Phi) is 3.41. The fourth-order valence-electron chi connectivity index (χ4n) is 1.67. The summed E-state index contributed by atoms with van der Waals surface area (Å²) in [5.41, 5.74) is 7.35. The molecule has 0 bridgehead atoms. The third kappa shape index (κ3) is 2.63. The number of halogens is 1. The molecule has 0 unspecified atom stereocenters. The standard InChI is InChI=1S/C13H10ClN5O2/c1-20-11-5-4-10(17-18-11)12-16-13(21-19-12)7-2-3-8(14)9(15)6-7/h2-6H,15H2,1H3. The van der Waals surface area contributed by atoms with Gasteiger partial charge in [0.05, 0.1) is 17.8 Å². The van der Waals surface area contributed by atoms with Gasteiger partial charge in [0.25, 0.3) is 5.89 Å². The molecule has 1 aromatic carbocycles. The zero-order valence-electron chi connectivity index (χ0n) is 10.9. The Hall–Kier alpha value is -2.67. The highest BCUT2D eigenvalue weighted by molar-refractivity contribution is 6.33. The first kappa shape index (κ1) is 13.3. The maximum atomic E-state index is 5.88. The monoisotopic (exact) mass is 303 g/mol. The number of methoxy groups -OCH3 is 1. The van der Waals surface area contributed by atoms with E-state index in [0.717, 1.165) is 0 Å². The van der Waals surface area contributed by atoms with Crippen LogP contribution in [-0.2, 0) is 0 Å². The molecule has 0 spiro atoms. The first-order valence-electron chi connectivity index (χ1n) is 5.94. The summed E-state index contributed by atoms with van der Waals surface area (Å²) in [4.78, 5) is 4.26. The van der Waals surface area contributed by atoms with Crippen molar-refractivity contribution in [2.24, 2.45) is 0 Å². The van der Waals surface area contributed by atoms with E-state index in [1.807, 2.05) is 0 Å². The maximum Gasteiger partial charge on any atom is 0.258 e. The first-order chi connectivity index (χ1) is 10.2. The van der Waals surface area contributed by atoms with E-state index in [9.17, 15) is 0 Å². The number of nitrogens with zero attached hydrogens (tertiary/aromatic N) is 4. The van der Waals surface area contributed by atoms with E-state index in [4.69, 9.17) is 26.6 Å². The summed E-state index contributed by atoms with van der Waals surface area (Å²) in [6.07, 6.45) is 0. The Morgan fingerprint density at radius 2 is 2.05 bits per heavy atom. The topological polar surface area (TPSA) is 100.0 Å². The molecule has 0 radical (unpaired) electrons. The van der Waals surface area contributed by atoms with Crippen LogP contribution in [0.2, 0.25) is 5.02 Å². The largest absolute Gasteiger partial charge is 0.480 e. The van der Waals surface area contributed by atoms with Crippen LogP contribution in [0, 0.1) is 0 Å². The van der Waals surface area contributed by atoms with Crippen molar-refractivity contribution in [1.29, 1.82) is 0 Å². The van der Waals surface area contributed by atoms with E-state index in [2.05, 4.69) is 20.3 Å². The van der Waals surface area contributed by atoms with E-state index in [-0.39, 0.29) is 0 Å². The average molecular weight is 304 g/mol. The molecule has 0 fully saturated rings. The Balaban J connectivity index is 1.93. The number of nitrogens with two attached hydrogens (primary N) is 1. The predicted molar refractivity (Wildman–Crippen MR) is 76.7 cm³/mol. The summed E-state index contributed by atoms with van der Waals surface area (Å²) >= 11 is 5.88. The van der Waals surface area contributed by atoms with Crippen molar-refractivity contribution >= 4 is 17.3 Å². The SMILES string of the molecule is COc1ccc(-c2noc(-c3ccc(Cl)c(N)c3)n2)nn1. The molecule has 0 atom stereocenters. The summed E-state index contributed by atoms with van der Waals surface area (Å²) in [5, 5.41) is 12.1. The number of aromatic nitrogens is 4. The van der Waals surface area contributed by atoms with Gasteiger partial charge in [0, 0.05) is 11.6 Å². The highest BCUT2D eigenvalue weighted by Gasteiger charge is 2.13. The van der Waals surface area contributed by atoms with Gasteiger partial charge in [0.2, 0.25) is 11.7 Å². The van der Waals surface area contributed by atoms with Gasteiger partial charge >= 0.3 is 0 Å². The van der Waals surface area contributed by atoms with Crippen molar-refractivity contribution in [3.8, 4) is 28.9 Å². The zero-order chi connectivity index (χ0) is 14.8. The van der Waals surface area contributed by atoms with Crippen molar-refractivity contribution in [2.75, 3.05) is 12.8 Å². The van der Waals surface area contributed by atoms with E-state index >= 15 is 0 Å². The van der Waals surface area contributed by atoms with Crippen LogP contribution < -0.4 is 10.5 Å². The summed E-state index contributed by atoms with van der Waals surface area (Å²) in [7, 11) is 1.51. The smallest absolute Gasteiger partial charge is 0.258 e. The molecule has 0 amide bonds. The molecule has 0 aliphatic rings. The fourth-order valence-corrected chi connectivity index (χ4v) is 1.79. The molecular weight excluding hydrogens is 294 g/mol. The highest BCUT2D eigenvalue weighted by Crippen LogP contribution is 2.27. The predicted octanol–water partition coefficient (Wildman–Crippen LogP) is 2.44. The molecular formula is C13H10ClN5O2. The number of hydrogen-bond donors (Lipinski definition) is 1. The van der Waals surface area contributed by atoms with E-state index in [1.54, 1.807) is 30.3 Å². The van der Waals surface area contributed by atoms with E-state index < -0.39 is 0 Å². The molecule has 3 aromatic rings. The molecule has 2 heterocycles. The Bertz CT molecular complexity index is 772. The number of benzene rings is 1. The van der Waals surface area contributed by atoms with Crippen LogP contribution in [0.4, 0.5) is 5.69 Å². The summed E-state index contributed by atoms with van der Waals surface area (Å²) in [6.45, 7) is 0. The maximum absolute atomic E-state index is 5.88. The minimum atomic E-state index is 0.325. The lowest BCUT2D eigenvalue weighted by atomic mass is 10.2. The Morgan fingerprint density at radius 1 is 1.19 bits per heavy atom. The van der Waals surface area contributed by atoms with E-state index in [1.165, 1.54) is 7.11 Å². The average Bonchev–Trinajstić information content (AvgIpc) is 3.00. The Morgan fingerprint density at radius 3 is 2.71 bits per heavy atom. The van der Waals surface area contributed by atoms with Crippen LogP contribution in [0.1, 0.15) is 0 Å². The summed E-state index contributed by atoms with van der Waals surface area (Å²) in [5.74, 6) is 1.06. The van der Waals surface area contributed by atoms with Gasteiger partial charge in [-0.15, -0.1) is 10.2 Å². The molecule has 3 rings (SSSR count). The summed E-state index contributed by atoms with van der Waals surface area (Å²) in [6, 6.07) is 8.44. The van der Waals surface area contributed by atoms with Crippen LogP contribution in [0.3, 0.4) is 0 Å². The third-order valence-corrected chi connectivity index (χ3v) is 3.09. The van der Waals surface area contributed by atoms with Crippen molar-refractivity contribution < 1.29 is 9.26 Å². The lowest BCUT2D eigenvalue weighted by molar-refractivity contribution is 0.392. The van der Waals surface area contributed by atoms with Gasteiger partial charge in [0.1, 0.15) is 5.69 Å². The molecule has 2 aromatic heterocycles. The van der Waals surface area contributed by atoms with Crippen molar-refractivity contribution in [3.63, 3.8) is 0 Å². The number of hydrogen-bond acceptors (Lipinski definition) is 7. The minimum Gasteiger partial charge on any atom is -0.480 e. The highest BCUT2D eigenvalue weighted by atomic mass is 35.5. The molecule has 0 aliphatic carbocycles. The second-order valence-electron chi connectivity index (χ2n) is 4.12. The Labute approximate surface area is 124 Å². The van der Waals surface area contributed by atoms with Crippen LogP contribution in [0.15, 0.2) is 34.9 Å². The first-order valence-corrected chi connectivity index (χ1v) is 6.32. The van der Waals surface area contributed by atoms with Crippen molar-refractivity contribution in [2.45, 2.75) is 0 Å². The van der Waals surface area contributed by atoms with Crippen LogP contribution in [0.5, 0.6) is 5.88 Å². The van der Waals surface area contributed by atoms with Crippen molar-refractivity contribution in [1.82, 2.24) is 20.3 Å². The van der Waals surface area contributed by atoms with Gasteiger partial charge in [-0.05, 0) is 24.3 Å². The molecule has 2 N–H and O–H groups in total. The van der Waals surface area contributed by atoms with Gasteiger partial charge in [-0.1, -0.05) is 16.8 Å². The van der Waals surface area contributed by atoms with E-state index in [0.29, 0.717) is 39.6 Å². The molecule has 8 heteroatoms. The van der Waals surface area contributed by atoms with Gasteiger partial charge in [0.15, 0.2) is 0 Å². The van der Waals surface area contributed by atoms with Gasteiger partial charge in [-0.2, -0.15) is 4.98 Å². The molecule has 0 aliphatic heterocycles. The second-order valence-corrected chi connectivity index (χ2v) is 4.53. The number of ether oxygens (including phenoxy) is 1. The lowest BCUT2D eigenvalue weighted by Gasteiger charge is -1.99. The van der Waals surface area contributed by atoms with Gasteiger partial charge in [-0.25, -0.2) is 0 Å². The fraction of sp³-hybridized carbons (Fsp3) is 0.0769. The second kappa shape index (κ2) is 5.37. The summed E-state index contributed by atoms with van der Waals surface area (Å²) < 4.78 is 10.1. The third-order valence-electron chi connectivity index (χ3n) is 2.75. The molecule has 0 saturated carbocycles. The number of anilines is 1. The lowest BCUT2D eigenvalue weighted by Crippen LogP contribution is -1.93. The van der Waals surface area contributed by atoms with Crippen LogP contribution >= 0.6 is 11.6 Å². The van der Waals surface area contributed by atoms with Gasteiger partial charge < -0.3 is 15.0 Å². The quantitative estimate of drug-likeness (QED) is 0.742. The molecule has 21 heavy (non-hydrogen) atoms. The molecule has 0 saturated heterocycles. The minimum absolute atomic E-state index is 0.325. The number of nitrogen functional groups attached to an aromatic ring is 1. The zero-order valence-corrected chi connectivity index (χ0v) is 11.7. The van der Waals surface area contributed by atoms with Gasteiger partial charge in [-0.3, -0.25) is 0 Å². The van der Waals surface area contributed by atoms with Crippen LogP contribution in [-0.4, -0.2) is 27.4 Å². The molecule has 7 nitrogen and oxygen atoms in total. The number of rotatable bonds is 3. The molecule has 106 valence electrons. The van der Waals surface area contributed by atoms with Crippen LogP contribution in [0.25, 0.3) is 23.0 Å². The normalized spacial score (nSPS) is 10.6. The van der Waals surface area contributed by atoms with Crippen molar-refractivity contribution in [3.05, 3.63) is 35.4 Å².